The van der Waals surface area contributed by atoms with E-state index in [-0.39, 0.29) is 5.91 Å². The van der Waals surface area contributed by atoms with Crippen LogP contribution in [0.5, 0.6) is 0 Å². The number of amides is 1. The molecule has 1 aromatic heterocycles. The first-order valence-electron chi connectivity index (χ1n) is 5.60. The highest BCUT2D eigenvalue weighted by Crippen LogP contribution is 2.04. The van der Waals surface area contributed by atoms with Crippen LogP contribution in [0.15, 0.2) is 12.4 Å². The van der Waals surface area contributed by atoms with Crippen molar-refractivity contribution in [2.75, 3.05) is 18.6 Å². The first-order valence-corrected chi connectivity index (χ1v) is 7.00. The highest BCUT2D eigenvalue weighted by atomic mass is 32.2. The van der Waals surface area contributed by atoms with Crippen molar-refractivity contribution < 1.29 is 4.79 Å². The highest BCUT2D eigenvalue weighted by Gasteiger charge is 2.04. The van der Waals surface area contributed by atoms with Crippen molar-refractivity contribution in [3.63, 3.8) is 0 Å². The molecule has 16 heavy (non-hydrogen) atoms. The van der Waals surface area contributed by atoms with Crippen LogP contribution in [0.1, 0.15) is 36.0 Å². The summed E-state index contributed by atoms with van der Waals surface area (Å²) < 4.78 is 0. The Bertz CT molecular complexity index is 287. The van der Waals surface area contributed by atoms with E-state index in [4.69, 9.17) is 0 Å². The van der Waals surface area contributed by atoms with Crippen molar-refractivity contribution in [1.82, 2.24) is 15.5 Å². The molecule has 1 aromatic rings. The van der Waals surface area contributed by atoms with Crippen LogP contribution in [0.2, 0.25) is 0 Å². The van der Waals surface area contributed by atoms with Crippen LogP contribution in [-0.4, -0.2) is 34.7 Å². The Balaban J connectivity index is 1.97. The van der Waals surface area contributed by atoms with E-state index in [0.29, 0.717) is 5.56 Å². The van der Waals surface area contributed by atoms with E-state index in [1.807, 2.05) is 11.8 Å². The Morgan fingerprint density at radius 3 is 2.94 bits per heavy atom. The van der Waals surface area contributed by atoms with Gasteiger partial charge in [-0.25, -0.2) is 0 Å². The molecule has 1 heterocycles. The molecule has 1 amide bonds. The summed E-state index contributed by atoms with van der Waals surface area (Å²) in [4.78, 5) is 11.5. The molecule has 0 spiro atoms. The van der Waals surface area contributed by atoms with Crippen molar-refractivity contribution in [2.24, 2.45) is 0 Å². The zero-order chi connectivity index (χ0) is 11.6. The summed E-state index contributed by atoms with van der Waals surface area (Å²) in [6.07, 6.45) is 10.0. The number of nitrogens with one attached hydrogen (secondary N) is 2. The van der Waals surface area contributed by atoms with Crippen molar-refractivity contribution in [2.45, 2.75) is 25.7 Å². The summed E-state index contributed by atoms with van der Waals surface area (Å²) in [7, 11) is 0. The SMILES string of the molecule is CSCCCCCCNC(=O)c1cn[nH]c1. The number of aromatic nitrogens is 2. The topological polar surface area (TPSA) is 57.8 Å². The van der Waals surface area contributed by atoms with Gasteiger partial charge >= 0.3 is 0 Å². The molecule has 1 rings (SSSR count). The minimum atomic E-state index is -0.0436. The first-order chi connectivity index (χ1) is 7.84. The average molecular weight is 241 g/mol. The van der Waals surface area contributed by atoms with E-state index in [1.54, 1.807) is 6.20 Å². The van der Waals surface area contributed by atoms with Gasteiger partial charge in [0, 0.05) is 12.7 Å². The molecule has 0 bridgehead atoms. The van der Waals surface area contributed by atoms with Gasteiger partial charge in [0.2, 0.25) is 0 Å². The molecule has 90 valence electrons. The fraction of sp³-hybridized carbons (Fsp3) is 0.636. The number of nitrogens with zero attached hydrogens (tertiary/aromatic N) is 1. The minimum Gasteiger partial charge on any atom is -0.352 e. The third-order valence-corrected chi connectivity index (χ3v) is 3.02. The molecule has 0 aliphatic rings. The number of aromatic amines is 1. The lowest BCUT2D eigenvalue weighted by Crippen LogP contribution is -2.23. The van der Waals surface area contributed by atoms with Crippen LogP contribution in [0.3, 0.4) is 0 Å². The lowest BCUT2D eigenvalue weighted by atomic mass is 10.2. The smallest absolute Gasteiger partial charge is 0.254 e. The number of hydrogen-bond donors (Lipinski definition) is 2. The van der Waals surface area contributed by atoms with Gasteiger partial charge in [-0.1, -0.05) is 12.8 Å². The Kier molecular flexibility index (Phi) is 6.72. The van der Waals surface area contributed by atoms with Crippen LogP contribution < -0.4 is 5.32 Å². The molecule has 4 nitrogen and oxygen atoms in total. The number of unbranched alkanes of at least 4 members (excludes halogenated alkanes) is 3. The van der Waals surface area contributed by atoms with Crippen LogP contribution >= 0.6 is 11.8 Å². The van der Waals surface area contributed by atoms with Crippen LogP contribution in [-0.2, 0) is 0 Å². The van der Waals surface area contributed by atoms with E-state index in [1.165, 1.54) is 31.2 Å². The molecule has 0 fully saturated rings. The average Bonchev–Trinajstić information content (AvgIpc) is 2.81. The van der Waals surface area contributed by atoms with Gasteiger partial charge < -0.3 is 5.32 Å². The number of carbonyl (C=O) groups is 1. The molecule has 0 atom stereocenters. The Labute approximate surface area is 101 Å². The minimum absolute atomic E-state index is 0.0436. The quantitative estimate of drug-likeness (QED) is 0.685. The molecule has 0 saturated carbocycles. The van der Waals surface area contributed by atoms with E-state index in [2.05, 4.69) is 21.8 Å². The number of thioether (sulfide) groups is 1. The second kappa shape index (κ2) is 8.21. The zero-order valence-corrected chi connectivity index (χ0v) is 10.5. The predicted molar refractivity (Wildman–Crippen MR) is 67.8 cm³/mol. The molecule has 2 N–H and O–H groups in total. The lowest BCUT2D eigenvalue weighted by Gasteiger charge is -2.03. The summed E-state index contributed by atoms with van der Waals surface area (Å²) in [6, 6.07) is 0. The van der Waals surface area contributed by atoms with Gasteiger partial charge in [0.15, 0.2) is 0 Å². The molecular formula is C11H19N3OS. The highest BCUT2D eigenvalue weighted by molar-refractivity contribution is 7.98. The van der Waals surface area contributed by atoms with E-state index in [9.17, 15) is 4.79 Å². The molecule has 0 saturated heterocycles. The van der Waals surface area contributed by atoms with Gasteiger partial charge in [-0.3, -0.25) is 9.89 Å². The number of rotatable bonds is 8. The fourth-order valence-corrected chi connectivity index (χ4v) is 1.90. The lowest BCUT2D eigenvalue weighted by molar-refractivity contribution is 0.0953. The number of H-pyrrole nitrogens is 1. The van der Waals surface area contributed by atoms with Gasteiger partial charge in [-0.2, -0.15) is 16.9 Å². The van der Waals surface area contributed by atoms with Crippen LogP contribution in [0.4, 0.5) is 0 Å². The summed E-state index contributed by atoms with van der Waals surface area (Å²) in [6.45, 7) is 0.753. The fourth-order valence-electron chi connectivity index (χ4n) is 1.40. The van der Waals surface area contributed by atoms with E-state index >= 15 is 0 Å². The standard InChI is InChI=1S/C11H19N3OS/c1-16-7-5-3-2-4-6-12-11(15)10-8-13-14-9-10/h8-9H,2-7H2,1H3,(H,12,15)(H,13,14). The van der Waals surface area contributed by atoms with Crippen molar-refractivity contribution in [1.29, 1.82) is 0 Å². The Hall–Kier alpha value is -0.970. The molecule has 0 aliphatic carbocycles. The third-order valence-electron chi connectivity index (χ3n) is 2.32. The summed E-state index contributed by atoms with van der Waals surface area (Å²) in [5.74, 6) is 1.19. The van der Waals surface area contributed by atoms with Gasteiger partial charge in [-0.05, 0) is 24.9 Å². The maximum atomic E-state index is 11.5. The molecule has 5 heteroatoms. The molecule has 0 aromatic carbocycles. The predicted octanol–water partition coefficient (Wildman–Crippen LogP) is 2.06. The van der Waals surface area contributed by atoms with Crippen molar-refractivity contribution >= 4 is 17.7 Å². The first kappa shape index (κ1) is 13.1. The summed E-state index contributed by atoms with van der Waals surface area (Å²) in [5, 5.41) is 9.23. The number of carbonyl (C=O) groups excluding carboxylic acids is 1. The second-order valence-corrected chi connectivity index (χ2v) is 4.64. The molecule has 0 unspecified atom stereocenters. The maximum absolute atomic E-state index is 11.5. The van der Waals surface area contributed by atoms with Crippen LogP contribution in [0, 0.1) is 0 Å². The normalized spacial score (nSPS) is 10.3. The van der Waals surface area contributed by atoms with Gasteiger partial charge in [0.25, 0.3) is 5.91 Å². The van der Waals surface area contributed by atoms with E-state index < -0.39 is 0 Å². The van der Waals surface area contributed by atoms with Gasteiger partial charge in [-0.15, -0.1) is 0 Å². The van der Waals surface area contributed by atoms with Crippen molar-refractivity contribution in [3.8, 4) is 0 Å². The molecular weight excluding hydrogens is 222 g/mol. The summed E-state index contributed by atoms with van der Waals surface area (Å²) in [5.41, 5.74) is 0.599. The monoisotopic (exact) mass is 241 g/mol. The summed E-state index contributed by atoms with van der Waals surface area (Å²) >= 11 is 1.89. The van der Waals surface area contributed by atoms with Gasteiger partial charge in [0.1, 0.15) is 0 Å². The maximum Gasteiger partial charge on any atom is 0.254 e. The number of hydrogen-bond acceptors (Lipinski definition) is 3. The van der Waals surface area contributed by atoms with E-state index in [0.717, 1.165) is 13.0 Å². The zero-order valence-electron chi connectivity index (χ0n) is 9.66. The Morgan fingerprint density at radius 1 is 1.44 bits per heavy atom. The van der Waals surface area contributed by atoms with Crippen LogP contribution in [0.25, 0.3) is 0 Å². The molecule has 0 radical (unpaired) electrons. The van der Waals surface area contributed by atoms with Gasteiger partial charge in [0.05, 0.1) is 11.8 Å². The molecule has 0 aliphatic heterocycles. The Morgan fingerprint density at radius 2 is 2.25 bits per heavy atom. The largest absolute Gasteiger partial charge is 0.352 e. The third kappa shape index (κ3) is 5.21. The van der Waals surface area contributed by atoms with Crippen molar-refractivity contribution in [3.05, 3.63) is 18.0 Å². The second-order valence-electron chi connectivity index (χ2n) is 3.65.